The number of esters is 1. The molecule has 28 heavy (non-hydrogen) atoms. The summed E-state index contributed by atoms with van der Waals surface area (Å²) in [5.41, 5.74) is 2.12. The van der Waals surface area contributed by atoms with Crippen molar-refractivity contribution in [3.05, 3.63) is 71.8 Å². The van der Waals surface area contributed by atoms with Crippen LogP contribution in [0.4, 0.5) is 0 Å². The van der Waals surface area contributed by atoms with Crippen LogP contribution in [0.3, 0.4) is 0 Å². The normalized spacial score (nSPS) is 15.4. The second-order valence-corrected chi connectivity index (χ2v) is 7.12. The summed E-state index contributed by atoms with van der Waals surface area (Å²) in [7, 11) is 0. The summed E-state index contributed by atoms with van der Waals surface area (Å²) in [6.45, 7) is 4.05. The molecule has 148 valence electrons. The van der Waals surface area contributed by atoms with Crippen molar-refractivity contribution in [2.75, 3.05) is 26.2 Å². The van der Waals surface area contributed by atoms with Crippen molar-refractivity contribution in [1.29, 1.82) is 0 Å². The summed E-state index contributed by atoms with van der Waals surface area (Å²) in [5, 5.41) is 3.18. The number of rotatable bonds is 7. The van der Waals surface area contributed by atoms with Gasteiger partial charge in [-0.3, -0.25) is 14.5 Å². The fourth-order valence-electron chi connectivity index (χ4n) is 3.65. The van der Waals surface area contributed by atoms with Crippen LogP contribution >= 0.6 is 0 Å². The van der Waals surface area contributed by atoms with E-state index in [-0.39, 0.29) is 23.8 Å². The predicted octanol–water partition coefficient (Wildman–Crippen LogP) is 3.17. The van der Waals surface area contributed by atoms with Crippen molar-refractivity contribution >= 4 is 11.9 Å². The molecule has 0 unspecified atom stereocenters. The van der Waals surface area contributed by atoms with Gasteiger partial charge in [0.1, 0.15) is 0 Å². The molecule has 2 aromatic carbocycles. The zero-order valence-corrected chi connectivity index (χ0v) is 16.3. The van der Waals surface area contributed by atoms with Crippen LogP contribution in [-0.4, -0.2) is 43.0 Å². The first-order valence-electron chi connectivity index (χ1n) is 9.95. The van der Waals surface area contributed by atoms with Crippen LogP contribution in [0.25, 0.3) is 0 Å². The second-order valence-electron chi connectivity index (χ2n) is 7.12. The second kappa shape index (κ2) is 10.0. The molecule has 0 spiro atoms. The van der Waals surface area contributed by atoms with Crippen LogP contribution in [0.2, 0.25) is 0 Å². The summed E-state index contributed by atoms with van der Waals surface area (Å²) in [6, 6.07) is 19.8. The molecular weight excluding hydrogens is 352 g/mol. The van der Waals surface area contributed by atoms with E-state index in [2.05, 4.69) is 10.2 Å². The molecule has 5 nitrogen and oxygen atoms in total. The lowest BCUT2D eigenvalue weighted by Gasteiger charge is -2.31. The van der Waals surface area contributed by atoms with Crippen molar-refractivity contribution in [3.8, 4) is 0 Å². The Labute approximate surface area is 166 Å². The van der Waals surface area contributed by atoms with Crippen LogP contribution in [0.15, 0.2) is 60.7 Å². The van der Waals surface area contributed by atoms with E-state index >= 15 is 0 Å². The molecule has 1 aliphatic heterocycles. The fraction of sp³-hybridized carbons (Fsp3) is 0.391. The van der Waals surface area contributed by atoms with Gasteiger partial charge in [0.25, 0.3) is 0 Å². The SMILES string of the molecule is CCOC(=O)C1CCN(CC(=O)NC(c2ccccc2)c2ccccc2)CC1. The Morgan fingerprint density at radius 3 is 2.04 bits per heavy atom. The highest BCUT2D eigenvalue weighted by Crippen LogP contribution is 2.22. The van der Waals surface area contributed by atoms with E-state index in [1.807, 2.05) is 67.6 Å². The Kier molecular flexibility index (Phi) is 7.20. The largest absolute Gasteiger partial charge is 0.466 e. The predicted molar refractivity (Wildman–Crippen MR) is 109 cm³/mol. The number of amides is 1. The number of benzene rings is 2. The number of piperidine rings is 1. The lowest BCUT2D eigenvalue weighted by molar-refractivity contribution is -0.149. The van der Waals surface area contributed by atoms with Crippen molar-refractivity contribution in [2.45, 2.75) is 25.8 Å². The molecule has 0 aliphatic carbocycles. The van der Waals surface area contributed by atoms with E-state index < -0.39 is 0 Å². The average molecular weight is 380 g/mol. The summed E-state index contributed by atoms with van der Waals surface area (Å²) in [4.78, 5) is 26.7. The number of carbonyl (C=O) groups is 2. The Bertz CT molecular complexity index is 716. The zero-order valence-electron chi connectivity index (χ0n) is 16.3. The van der Waals surface area contributed by atoms with Crippen LogP contribution in [0.5, 0.6) is 0 Å². The Morgan fingerprint density at radius 2 is 1.54 bits per heavy atom. The minimum absolute atomic E-state index is 0.00714. The lowest BCUT2D eigenvalue weighted by Crippen LogP contribution is -2.43. The Hall–Kier alpha value is -2.66. The van der Waals surface area contributed by atoms with Gasteiger partial charge in [0.2, 0.25) is 5.91 Å². The van der Waals surface area contributed by atoms with E-state index in [0.717, 1.165) is 37.1 Å². The summed E-state index contributed by atoms with van der Waals surface area (Å²) < 4.78 is 5.11. The number of nitrogens with one attached hydrogen (secondary N) is 1. The monoisotopic (exact) mass is 380 g/mol. The number of hydrogen-bond acceptors (Lipinski definition) is 4. The smallest absolute Gasteiger partial charge is 0.309 e. The van der Waals surface area contributed by atoms with Gasteiger partial charge < -0.3 is 10.1 Å². The van der Waals surface area contributed by atoms with Gasteiger partial charge in [-0.05, 0) is 44.0 Å². The van der Waals surface area contributed by atoms with Gasteiger partial charge in [0.15, 0.2) is 0 Å². The van der Waals surface area contributed by atoms with Gasteiger partial charge in [-0.15, -0.1) is 0 Å². The molecular formula is C23H28N2O3. The molecule has 1 N–H and O–H groups in total. The maximum Gasteiger partial charge on any atom is 0.309 e. The van der Waals surface area contributed by atoms with Gasteiger partial charge in [-0.1, -0.05) is 60.7 Å². The van der Waals surface area contributed by atoms with Crippen LogP contribution in [0, 0.1) is 5.92 Å². The highest BCUT2D eigenvalue weighted by atomic mass is 16.5. The molecule has 3 rings (SSSR count). The molecule has 0 atom stereocenters. The highest BCUT2D eigenvalue weighted by Gasteiger charge is 2.27. The quantitative estimate of drug-likeness (QED) is 0.750. The minimum Gasteiger partial charge on any atom is -0.466 e. The molecule has 1 heterocycles. The Morgan fingerprint density at radius 1 is 1.00 bits per heavy atom. The minimum atomic E-state index is -0.174. The first-order valence-corrected chi connectivity index (χ1v) is 9.95. The topological polar surface area (TPSA) is 58.6 Å². The molecule has 2 aromatic rings. The third-order valence-electron chi connectivity index (χ3n) is 5.15. The van der Waals surface area contributed by atoms with Crippen LogP contribution < -0.4 is 5.32 Å². The molecule has 5 heteroatoms. The number of carbonyl (C=O) groups excluding carboxylic acids is 2. The van der Waals surface area contributed by atoms with Crippen molar-refractivity contribution < 1.29 is 14.3 Å². The molecule has 0 radical (unpaired) electrons. The number of ether oxygens (including phenoxy) is 1. The summed E-state index contributed by atoms with van der Waals surface area (Å²) >= 11 is 0. The molecule has 1 amide bonds. The van der Waals surface area contributed by atoms with Crippen molar-refractivity contribution in [2.24, 2.45) is 5.92 Å². The third kappa shape index (κ3) is 5.42. The van der Waals surface area contributed by atoms with Gasteiger partial charge in [-0.2, -0.15) is 0 Å². The molecule has 1 saturated heterocycles. The number of likely N-dealkylation sites (tertiary alicyclic amines) is 1. The van der Waals surface area contributed by atoms with Gasteiger partial charge in [0.05, 0.1) is 25.1 Å². The fourth-order valence-corrected chi connectivity index (χ4v) is 3.65. The van der Waals surface area contributed by atoms with E-state index in [1.54, 1.807) is 0 Å². The summed E-state index contributed by atoms with van der Waals surface area (Å²) in [5.74, 6) is -0.159. The maximum atomic E-state index is 12.7. The lowest BCUT2D eigenvalue weighted by atomic mass is 9.97. The molecule has 1 aliphatic rings. The van der Waals surface area contributed by atoms with Gasteiger partial charge in [-0.25, -0.2) is 0 Å². The average Bonchev–Trinajstić information content (AvgIpc) is 2.74. The van der Waals surface area contributed by atoms with E-state index in [0.29, 0.717) is 13.2 Å². The van der Waals surface area contributed by atoms with Crippen LogP contribution in [-0.2, 0) is 14.3 Å². The van der Waals surface area contributed by atoms with Crippen molar-refractivity contribution in [3.63, 3.8) is 0 Å². The van der Waals surface area contributed by atoms with Gasteiger partial charge in [0, 0.05) is 0 Å². The molecule has 0 saturated carbocycles. The molecule has 0 bridgehead atoms. The highest BCUT2D eigenvalue weighted by molar-refractivity contribution is 5.79. The standard InChI is InChI=1S/C23H28N2O3/c1-2-28-23(27)20-13-15-25(16-14-20)17-21(26)24-22(18-9-5-3-6-10-18)19-11-7-4-8-12-19/h3-12,20,22H,2,13-17H2,1H3,(H,24,26). The first kappa shape index (κ1) is 20.1. The molecule has 1 fully saturated rings. The summed E-state index contributed by atoms with van der Waals surface area (Å²) in [6.07, 6.45) is 1.49. The van der Waals surface area contributed by atoms with Gasteiger partial charge >= 0.3 is 5.97 Å². The molecule has 0 aromatic heterocycles. The Balaban J connectivity index is 1.59. The number of nitrogens with zero attached hydrogens (tertiary/aromatic N) is 1. The van der Waals surface area contributed by atoms with E-state index in [1.165, 1.54) is 0 Å². The van der Waals surface area contributed by atoms with E-state index in [9.17, 15) is 9.59 Å². The number of hydrogen-bond donors (Lipinski definition) is 1. The van der Waals surface area contributed by atoms with Crippen molar-refractivity contribution in [1.82, 2.24) is 10.2 Å². The first-order chi connectivity index (χ1) is 13.7. The zero-order chi connectivity index (χ0) is 19.8. The maximum absolute atomic E-state index is 12.7. The van der Waals surface area contributed by atoms with Crippen LogP contribution in [0.1, 0.15) is 36.9 Å². The van der Waals surface area contributed by atoms with E-state index in [4.69, 9.17) is 4.74 Å². The third-order valence-corrected chi connectivity index (χ3v) is 5.15.